The number of carbonyl (C=O) groups excluding carboxylic acids is 1. The van der Waals surface area contributed by atoms with E-state index in [1.165, 1.54) is 39.0 Å². The van der Waals surface area contributed by atoms with Crippen molar-refractivity contribution < 1.29 is 4.79 Å². The van der Waals surface area contributed by atoms with E-state index in [9.17, 15) is 4.79 Å². The van der Waals surface area contributed by atoms with Crippen molar-refractivity contribution in [1.29, 1.82) is 0 Å². The molecule has 1 spiro atoms. The fourth-order valence-corrected chi connectivity index (χ4v) is 4.39. The van der Waals surface area contributed by atoms with Gasteiger partial charge in [0, 0.05) is 45.2 Å². The number of likely N-dealkylation sites (N-methyl/N-ethyl adjacent to an activating group) is 1. The molecule has 8 heteroatoms. The van der Waals surface area contributed by atoms with Crippen LogP contribution in [-0.4, -0.2) is 74.6 Å². The fraction of sp³-hybridized carbons (Fsp3) is 0.944. The molecule has 2 N–H and O–H groups in total. The molecule has 156 valence electrons. The lowest BCUT2D eigenvalue weighted by atomic mass is 9.91. The monoisotopic (exact) mass is 430 g/mol. The van der Waals surface area contributed by atoms with Crippen molar-refractivity contribution >= 4 is 43.1 Å². The Bertz CT molecular complexity index is 413. The summed E-state index contributed by atoms with van der Waals surface area (Å²) < 4.78 is 0. The zero-order valence-electron chi connectivity index (χ0n) is 16.2. The lowest BCUT2D eigenvalue weighted by molar-refractivity contribution is -0.123. The number of nitrogens with one attached hydrogen (secondary N) is 2. The maximum atomic E-state index is 12.4. The first-order valence-electron chi connectivity index (χ1n) is 9.56. The summed E-state index contributed by atoms with van der Waals surface area (Å²) in [7, 11) is 0. The van der Waals surface area contributed by atoms with Crippen LogP contribution < -0.4 is 10.6 Å². The predicted molar refractivity (Wildman–Crippen MR) is 115 cm³/mol. The van der Waals surface area contributed by atoms with E-state index < -0.39 is 0 Å². The van der Waals surface area contributed by atoms with Gasteiger partial charge in [0.05, 0.1) is 0 Å². The minimum absolute atomic E-state index is 0. The first-order valence-corrected chi connectivity index (χ1v) is 9.56. The number of hydrogen-bond acceptors (Lipinski definition) is 4. The van der Waals surface area contributed by atoms with Crippen LogP contribution in [0.4, 0.5) is 0 Å². The van der Waals surface area contributed by atoms with Gasteiger partial charge in [0.15, 0.2) is 0 Å². The highest BCUT2D eigenvalue weighted by Crippen LogP contribution is 2.58. The normalized spacial score (nSPS) is 26.0. The van der Waals surface area contributed by atoms with E-state index >= 15 is 0 Å². The summed E-state index contributed by atoms with van der Waals surface area (Å²) in [5.74, 6) is 1.15. The third-order valence-corrected chi connectivity index (χ3v) is 6.21. The van der Waals surface area contributed by atoms with Gasteiger partial charge in [-0.1, -0.05) is 13.8 Å². The molecule has 0 aromatic rings. The number of nitrogens with zero attached hydrogens (tertiary/aromatic N) is 2. The van der Waals surface area contributed by atoms with Crippen LogP contribution in [-0.2, 0) is 4.79 Å². The summed E-state index contributed by atoms with van der Waals surface area (Å²) in [5.41, 5.74) is 0.356. The molecule has 2 heterocycles. The summed E-state index contributed by atoms with van der Waals surface area (Å²) in [4.78, 5) is 17.5. The number of carbonyl (C=O) groups is 1. The third-order valence-electron chi connectivity index (χ3n) is 6.21. The number of amides is 1. The van der Waals surface area contributed by atoms with Crippen LogP contribution in [0.5, 0.6) is 0 Å². The van der Waals surface area contributed by atoms with Gasteiger partial charge in [0.25, 0.3) is 0 Å². The summed E-state index contributed by atoms with van der Waals surface area (Å²) in [5, 5.41) is 6.63. The molecule has 3 aliphatic rings. The Balaban J connectivity index is 0.00000208. The quantitative estimate of drug-likeness (QED) is 0.675. The van der Waals surface area contributed by atoms with E-state index in [1.807, 2.05) is 0 Å². The van der Waals surface area contributed by atoms with Crippen molar-refractivity contribution in [3.63, 3.8) is 0 Å². The van der Waals surface area contributed by atoms with Gasteiger partial charge in [-0.2, -0.15) is 0 Å². The molecular formula is C18H37Cl3N4O. The zero-order valence-corrected chi connectivity index (χ0v) is 18.6. The van der Waals surface area contributed by atoms with E-state index in [-0.39, 0.29) is 37.2 Å². The molecule has 5 nitrogen and oxygen atoms in total. The molecule has 1 aliphatic carbocycles. The van der Waals surface area contributed by atoms with Crippen LogP contribution in [0.15, 0.2) is 0 Å². The number of piperazine rings is 1. The maximum absolute atomic E-state index is 12.4. The van der Waals surface area contributed by atoms with Gasteiger partial charge < -0.3 is 20.4 Å². The van der Waals surface area contributed by atoms with Crippen LogP contribution in [0.1, 0.15) is 33.1 Å². The maximum Gasteiger partial charge on any atom is 0.223 e. The summed E-state index contributed by atoms with van der Waals surface area (Å²) >= 11 is 0. The van der Waals surface area contributed by atoms with E-state index in [0.717, 1.165) is 39.1 Å². The number of hydrogen-bond donors (Lipinski definition) is 2. The molecule has 2 aliphatic heterocycles. The van der Waals surface area contributed by atoms with Crippen LogP contribution >= 0.6 is 37.2 Å². The Morgan fingerprint density at radius 2 is 1.69 bits per heavy atom. The Morgan fingerprint density at radius 3 is 2.27 bits per heavy atom. The van der Waals surface area contributed by atoms with Gasteiger partial charge >= 0.3 is 0 Å². The highest BCUT2D eigenvalue weighted by Gasteiger charge is 2.57. The van der Waals surface area contributed by atoms with Crippen molar-refractivity contribution in [3.8, 4) is 0 Å². The van der Waals surface area contributed by atoms with Crippen LogP contribution in [0.3, 0.4) is 0 Å². The molecule has 2 atom stereocenters. The van der Waals surface area contributed by atoms with Crippen molar-refractivity contribution in [3.05, 3.63) is 0 Å². The van der Waals surface area contributed by atoms with Gasteiger partial charge in [-0.05, 0) is 50.2 Å². The highest BCUT2D eigenvalue weighted by atomic mass is 35.5. The smallest absolute Gasteiger partial charge is 0.223 e. The molecule has 0 aromatic carbocycles. The van der Waals surface area contributed by atoms with E-state index in [0.29, 0.717) is 23.2 Å². The van der Waals surface area contributed by atoms with Crippen LogP contribution in [0, 0.1) is 17.3 Å². The number of rotatable bonds is 6. The minimum atomic E-state index is 0. The average Bonchev–Trinajstić information content (AvgIpc) is 3.27. The first kappa shape index (κ1) is 26.2. The SMILES string of the molecule is CCN1CCN(CC(C)CNC(=O)C2CC23CCNCC3)CC1.Cl.Cl.Cl. The standard InChI is InChI=1S/C18H34N4O.3ClH/c1-3-21-8-10-22(11-9-21)14-15(2)13-20-17(23)16-12-18(16)4-6-19-7-5-18;;;/h15-16,19H,3-14H2,1-2H3,(H,20,23);3*1H. The molecule has 0 aromatic heterocycles. The Labute approximate surface area is 177 Å². The Hall–Kier alpha value is 0.220. The topological polar surface area (TPSA) is 47.6 Å². The molecule has 0 bridgehead atoms. The van der Waals surface area contributed by atoms with Crippen molar-refractivity contribution in [1.82, 2.24) is 20.4 Å². The molecule has 0 radical (unpaired) electrons. The number of piperidine rings is 1. The Kier molecular flexibility index (Phi) is 12.0. The largest absolute Gasteiger partial charge is 0.356 e. The molecule has 2 saturated heterocycles. The first-order chi connectivity index (χ1) is 11.1. The second kappa shape index (κ2) is 11.9. The van der Waals surface area contributed by atoms with E-state index in [1.54, 1.807) is 0 Å². The molecule has 26 heavy (non-hydrogen) atoms. The predicted octanol–water partition coefficient (Wildman–Crippen LogP) is 2.03. The molecule has 3 rings (SSSR count). The van der Waals surface area contributed by atoms with Crippen LogP contribution in [0.2, 0.25) is 0 Å². The highest BCUT2D eigenvalue weighted by molar-refractivity contribution is 5.86. The lowest BCUT2D eigenvalue weighted by Gasteiger charge is -2.35. The molecule has 1 saturated carbocycles. The lowest BCUT2D eigenvalue weighted by Crippen LogP contribution is -2.48. The van der Waals surface area contributed by atoms with Crippen molar-refractivity contribution in [2.75, 3.05) is 58.9 Å². The molecule has 2 unspecified atom stereocenters. The van der Waals surface area contributed by atoms with Gasteiger partial charge in [0.1, 0.15) is 0 Å². The number of halogens is 3. The van der Waals surface area contributed by atoms with E-state index in [2.05, 4.69) is 34.3 Å². The average molecular weight is 432 g/mol. The summed E-state index contributed by atoms with van der Waals surface area (Å²) in [6, 6.07) is 0. The van der Waals surface area contributed by atoms with Gasteiger partial charge in [-0.25, -0.2) is 0 Å². The molecule has 3 fully saturated rings. The van der Waals surface area contributed by atoms with Crippen LogP contribution in [0.25, 0.3) is 0 Å². The van der Waals surface area contributed by atoms with Gasteiger partial charge in [0.2, 0.25) is 5.91 Å². The Morgan fingerprint density at radius 1 is 1.12 bits per heavy atom. The van der Waals surface area contributed by atoms with E-state index in [4.69, 9.17) is 0 Å². The second-order valence-electron chi connectivity index (χ2n) is 7.95. The van der Waals surface area contributed by atoms with Gasteiger partial charge in [-0.15, -0.1) is 37.2 Å². The second-order valence-corrected chi connectivity index (χ2v) is 7.95. The fourth-order valence-electron chi connectivity index (χ4n) is 4.39. The van der Waals surface area contributed by atoms with Gasteiger partial charge in [-0.3, -0.25) is 4.79 Å². The molecule has 1 amide bonds. The van der Waals surface area contributed by atoms with Crippen molar-refractivity contribution in [2.24, 2.45) is 17.3 Å². The summed E-state index contributed by atoms with van der Waals surface area (Å²) in [6.45, 7) is 14.5. The van der Waals surface area contributed by atoms with Crippen molar-refractivity contribution in [2.45, 2.75) is 33.1 Å². The third kappa shape index (κ3) is 6.68. The zero-order chi connectivity index (χ0) is 16.3. The molecular weight excluding hydrogens is 395 g/mol. The summed E-state index contributed by atoms with van der Waals surface area (Å²) in [6.07, 6.45) is 3.48. The minimum Gasteiger partial charge on any atom is -0.356 e.